The molecule has 0 atom stereocenters. The number of hydrogen-bond acceptors (Lipinski definition) is 5. The van der Waals surface area contributed by atoms with Crippen molar-refractivity contribution in [1.29, 1.82) is 0 Å². The first kappa shape index (κ1) is 19.8. The molecule has 154 valence electrons. The van der Waals surface area contributed by atoms with Crippen LogP contribution in [0.3, 0.4) is 0 Å². The van der Waals surface area contributed by atoms with E-state index < -0.39 is 10.0 Å². The first-order chi connectivity index (χ1) is 14.3. The molecule has 0 fully saturated rings. The number of benzene rings is 3. The molecule has 8 heteroatoms. The quantitative estimate of drug-likeness (QED) is 0.644. The Hall–Kier alpha value is -3.52. The molecule has 0 spiro atoms. The molecule has 1 amide bonds. The third-order valence-corrected chi connectivity index (χ3v) is 6.17. The van der Waals surface area contributed by atoms with E-state index in [0.717, 1.165) is 5.56 Å². The monoisotopic (exact) mass is 424 g/mol. The van der Waals surface area contributed by atoms with E-state index in [0.29, 0.717) is 34.0 Å². The number of anilines is 2. The van der Waals surface area contributed by atoms with Gasteiger partial charge in [0.05, 0.1) is 10.6 Å². The number of nitrogens with one attached hydrogen (secondary N) is 2. The predicted octanol–water partition coefficient (Wildman–Crippen LogP) is 4.09. The Bertz CT molecular complexity index is 1220. The molecular weight excluding hydrogens is 404 g/mol. The lowest BCUT2D eigenvalue weighted by molar-refractivity contribution is 0.102. The zero-order valence-corrected chi connectivity index (χ0v) is 17.2. The lowest BCUT2D eigenvalue weighted by Crippen LogP contribution is -2.17. The molecule has 0 bridgehead atoms. The van der Waals surface area contributed by atoms with Crippen molar-refractivity contribution in [2.75, 3.05) is 16.8 Å². The molecule has 0 aliphatic carbocycles. The van der Waals surface area contributed by atoms with Crippen molar-refractivity contribution in [2.45, 2.75) is 18.7 Å². The normalized spacial score (nSPS) is 12.5. The molecule has 0 saturated carbocycles. The van der Waals surface area contributed by atoms with Gasteiger partial charge in [-0.15, -0.1) is 0 Å². The number of carbonyl (C=O) groups excluding carboxylic acids is 1. The van der Waals surface area contributed by atoms with Crippen LogP contribution in [-0.4, -0.2) is 21.1 Å². The number of sulfonamides is 1. The van der Waals surface area contributed by atoms with Gasteiger partial charge in [0, 0.05) is 17.3 Å². The van der Waals surface area contributed by atoms with Gasteiger partial charge in [-0.25, -0.2) is 8.42 Å². The number of ether oxygens (including phenoxy) is 2. The van der Waals surface area contributed by atoms with Gasteiger partial charge in [0.1, 0.15) is 0 Å². The molecule has 0 radical (unpaired) electrons. The van der Waals surface area contributed by atoms with Gasteiger partial charge in [0.25, 0.3) is 15.9 Å². The number of rotatable bonds is 5. The van der Waals surface area contributed by atoms with Crippen molar-refractivity contribution in [3.63, 3.8) is 0 Å². The average Bonchev–Trinajstić information content (AvgIpc) is 3.17. The highest BCUT2D eigenvalue weighted by Crippen LogP contribution is 2.34. The number of amides is 1. The highest BCUT2D eigenvalue weighted by atomic mass is 32.2. The first-order valence-corrected chi connectivity index (χ1v) is 10.7. The fourth-order valence-electron chi connectivity index (χ4n) is 3.09. The molecule has 3 aromatic rings. The highest BCUT2D eigenvalue weighted by molar-refractivity contribution is 7.92. The van der Waals surface area contributed by atoms with Gasteiger partial charge in [-0.3, -0.25) is 9.52 Å². The molecule has 0 unspecified atom stereocenters. The van der Waals surface area contributed by atoms with Gasteiger partial charge in [0.15, 0.2) is 11.5 Å². The number of carbonyl (C=O) groups is 1. The van der Waals surface area contributed by atoms with Crippen LogP contribution in [0.1, 0.15) is 21.5 Å². The topological polar surface area (TPSA) is 93.7 Å². The molecule has 0 aromatic heterocycles. The molecule has 1 aliphatic heterocycles. The summed E-state index contributed by atoms with van der Waals surface area (Å²) in [6.45, 7) is 3.73. The van der Waals surface area contributed by atoms with Crippen LogP contribution >= 0.6 is 0 Å². The summed E-state index contributed by atoms with van der Waals surface area (Å²) in [5.74, 6) is 0.823. The third kappa shape index (κ3) is 3.95. The van der Waals surface area contributed by atoms with E-state index in [-0.39, 0.29) is 17.6 Å². The van der Waals surface area contributed by atoms with Crippen LogP contribution in [0.15, 0.2) is 65.6 Å². The van der Waals surface area contributed by atoms with Gasteiger partial charge >= 0.3 is 0 Å². The van der Waals surface area contributed by atoms with Crippen LogP contribution in [-0.2, 0) is 10.0 Å². The Balaban J connectivity index is 1.56. The van der Waals surface area contributed by atoms with Crippen molar-refractivity contribution in [3.8, 4) is 11.5 Å². The Kier molecular flexibility index (Phi) is 5.09. The van der Waals surface area contributed by atoms with Crippen LogP contribution in [0.4, 0.5) is 11.4 Å². The summed E-state index contributed by atoms with van der Waals surface area (Å²) in [4.78, 5) is 13.0. The molecular formula is C22H20N2O5S. The van der Waals surface area contributed by atoms with Crippen LogP contribution in [0.2, 0.25) is 0 Å². The van der Waals surface area contributed by atoms with Crippen molar-refractivity contribution in [1.82, 2.24) is 0 Å². The van der Waals surface area contributed by atoms with E-state index in [1.807, 2.05) is 6.92 Å². The summed E-state index contributed by atoms with van der Waals surface area (Å²) in [6.07, 6.45) is 0. The van der Waals surface area contributed by atoms with Crippen molar-refractivity contribution in [3.05, 3.63) is 77.4 Å². The van der Waals surface area contributed by atoms with Gasteiger partial charge in [0.2, 0.25) is 6.79 Å². The van der Waals surface area contributed by atoms with E-state index in [1.165, 1.54) is 0 Å². The van der Waals surface area contributed by atoms with Gasteiger partial charge < -0.3 is 14.8 Å². The maximum Gasteiger partial charge on any atom is 0.261 e. The minimum absolute atomic E-state index is 0.148. The van der Waals surface area contributed by atoms with Crippen molar-refractivity contribution in [2.24, 2.45) is 0 Å². The Morgan fingerprint density at radius 2 is 1.67 bits per heavy atom. The molecule has 3 aromatic carbocycles. The summed E-state index contributed by atoms with van der Waals surface area (Å²) < 4.78 is 38.6. The number of hydrogen-bond donors (Lipinski definition) is 2. The van der Waals surface area contributed by atoms with Crippen LogP contribution in [0.5, 0.6) is 11.5 Å². The van der Waals surface area contributed by atoms with Crippen molar-refractivity contribution < 1.29 is 22.7 Å². The number of fused-ring (bicyclic) bond motifs is 1. The Morgan fingerprint density at radius 3 is 2.43 bits per heavy atom. The lowest BCUT2D eigenvalue weighted by atomic mass is 10.1. The fourth-order valence-corrected chi connectivity index (χ4v) is 4.21. The molecule has 1 heterocycles. The van der Waals surface area contributed by atoms with Crippen LogP contribution in [0.25, 0.3) is 0 Å². The zero-order valence-electron chi connectivity index (χ0n) is 16.4. The minimum atomic E-state index is -3.77. The maximum atomic E-state index is 12.8. The zero-order chi connectivity index (χ0) is 21.3. The second-order valence-electron chi connectivity index (χ2n) is 6.92. The average molecular weight is 424 g/mol. The molecule has 7 nitrogen and oxygen atoms in total. The van der Waals surface area contributed by atoms with Crippen LogP contribution in [0, 0.1) is 13.8 Å². The van der Waals surface area contributed by atoms with Crippen molar-refractivity contribution >= 4 is 27.3 Å². The van der Waals surface area contributed by atoms with E-state index >= 15 is 0 Å². The summed E-state index contributed by atoms with van der Waals surface area (Å²) in [6, 6.07) is 16.6. The van der Waals surface area contributed by atoms with E-state index in [9.17, 15) is 13.2 Å². The molecule has 1 aliphatic rings. The van der Waals surface area contributed by atoms with Gasteiger partial charge in [-0.2, -0.15) is 0 Å². The maximum absolute atomic E-state index is 12.8. The summed E-state index contributed by atoms with van der Waals surface area (Å²) in [5.41, 5.74) is 2.73. The standard InChI is InChI=1S/C22H20N2O5S/c1-14-6-9-17(10-7-14)30(26,27)24-19-5-3-4-18(15(19)2)22(25)23-16-8-11-20-21(12-16)29-13-28-20/h3-12,24H,13H2,1-2H3,(H,23,25). The third-order valence-electron chi connectivity index (χ3n) is 4.78. The van der Waals surface area contributed by atoms with Gasteiger partial charge in [-0.05, 0) is 55.8 Å². The van der Waals surface area contributed by atoms with Gasteiger partial charge in [-0.1, -0.05) is 23.8 Å². The molecule has 4 rings (SSSR count). The fraction of sp³-hybridized carbons (Fsp3) is 0.136. The minimum Gasteiger partial charge on any atom is -0.454 e. The largest absolute Gasteiger partial charge is 0.454 e. The van der Waals surface area contributed by atoms with Crippen LogP contribution < -0.4 is 19.5 Å². The summed E-state index contributed by atoms with van der Waals surface area (Å²) >= 11 is 0. The lowest BCUT2D eigenvalue weighted by Gasteiger charge is -2.14. The summed E-state index contributed by atoms with van der Waals surface area (Å²) in [5, 5.41) is 2.81. The van der Waals surface area contributed by atoms with E-state index in [4.69, 9.17) is 9.47 Å². The second kappa shape index (κ2) is 7.72. The smallest absolute Gasteiger partial charge is 0.261 e. The number of aryl methyl sites for hydroxylation is 1. The Labute approximate surface area is 174 Å². The molecule has 0 saturated heterocycles. The molecule has 30 heavy (non-hydrogen) atoms. The summed E-state index contributed by atoms with van der Waals surface area (Å²) in [7, 11) is -3.77. The second-order valence-corrected chi connectivity index (χ2v) is 8.60. The van der Waals surface area contributed by atoms with E-state index in [1.54, 1.807) is 67.6 Å². The highest BCUT2D eigenvalue weighted by Gasteiger charge is 2.19. The SMILES string of the molecule is Cc1ccc(S(=O)(=O)Nc2cccc(C(=O)Nc3ccc4c(c3)OCO4)c2C)cc1. The van der Waals surface area contributed by atoms with E-state index in [2.05, 4.69) is 10.0 Å². The first-order valence-electron chi connectivity index (χ1n) is 9.23. The predicted molar refractivity (Wildman–Crippen MR) is 114 cm³/mol. The molecule has 2 N–H and O–H groups in total. The Morgan fingerprint density at radius 1 is 0.933 bits per heavy atom.